The fourth-order valence-corrected chi connectivity index (χ4v) is 2.76. The molecular formula is C14H29NO3. The third-order valence-corrected chi connectivity index (χ3v) is 3.52. The Hall–Kier alpha value is -0.160. The summed E-state index contributed by atoms with van der Waals surface area (Å²) in [6.45, 7) is 7.02. The van der Waals surface area contributed by atoms with Gasteiger partial charge in [-0.1, -0.05) is 13.8 Å². The van der Waals surface area contributed by atoms with E-state index in [4.69, 9.17) is 9.47 Å². The second-order valence-electron chi connectivity index (χ2n) is 5.72. The average Bonchev–Trinajstić information content (AvgIpc) is 2.31. The molecule has 0 aromatic rings. The summed E-state index contributed by atoms with van der Waals surface area (Å²) in [4.78, 5) is 0. The van der Waals surface area contributed by atoms with Gasteiger partial charge in [0.25, 0.3) is 0 Å². The summed E-state index contributed by atoms with van der Waals surface area (Å²) in [6.07, 6.45) is 3.48. The number of aliphatic hydroxyl groups is 1. The average molecular weight is 259 g/mol. The number of methoxy groups -OCH3 is 1. The molecule has 0 saturated heterocycles. The quantitative estimate of drug-likeness (QED) is 0.647. The predicted octanol–water partition coefficient (Wildman–Crippen LogP) is 1.42. The number of rotatable bonds is 8. The van der Waals surface area contributed by atoms with E-state index in [0.717, 1.165) is 31.2 Å². The van der Waals surface area contributed by atoms with E-state index in [1.807, 2.05) is 0 Å². The van der Waals surface area contributed by atoms with Gasteiger partial charge in [0.1, 0.15) is 0 Å². The van der Waals surface area contributed by atoms with Crippen LogP contribution in [-0.2, 0) is 9.47 Å². The van der Waals surface area contributed by atoms with Crippen LogP contribution >= 0.6 is 0 Å². The van der Waals surface area contributed by atoms with E-state index in [1.165, 1.54) is 6.42 Å². The second-order valence-corrected chi connectivity index (χ2v) is 5.72. The molecule has 3 unspecified atom stereocenters. The van der Waals surface area contributed by atoms with E-state index in [-0.39, 0.29) is 0 Å². The molecule has 1 aliphatic rings. The Kier molecular flexibility index (Phi) is 7.82. The molecule has 0 heterocycles. The molecule has 4 nitrogen and oxygen atoms in total. The Bertz CT molecular complexity index is 203. The van der Waals surface area contributed by atoms with Crippen LogP contribution in [0, 0.1) is 11.8 Å². The fourth-order valence-electron chi connectivity index (χ4n) is 2.76. The van der Waals surface area contributed by atoms with Crippen molar-refractivity contribution in [2.45, 2.75) is 45.3 Å². The molecule has 0 aliphatic heterocycles. The lowest BCUT2D eigenvalue weighted by Crippen LogP contribution is -2.35. The van der Waals surface area contributed by atoms with Crippen LogP contribution in [0.3, 0.4) is 0 Å². The van der Waals surface area contributed by atoms with Crippen molar-refractivity contribution in [3.63, 3.8) is 0 Å². The van der Waals surface area contributed by atoms with Crippen molar-refractivity contribution in [3.8, 4) is 0 Å². The van der Waals surface area contributed by atoms with Crippen molar-refractivity contribution >= 4 is 0 Å². The number of hydrogen-bond acceptors (Lipinski definition) is 4. The minimum Gasteiger partial charge on any atom is -0.389 e. The molecule has 2 N–H and O–H groups in total. The van der Waals surface area contributed by atoms with Crippen LogP contribution in [0.5, 0.6) is 0 Å². The molecule has 4 heteroatoms. The first kappa shape index (κ1) is 15.9. The van der Waals surface area contributed by atoms with E-state index in [9.17, 15) is 5.11 Å². The highest BCUT2D eigenvalue weighted by atomic mass is 16.5. The Morgan fingerprint density at radius 2 is 1.89 bits per heavy atom. The third-order valence-electron chi connectivity index (χ3n) is 3.52. The topological polar surface area (TPSA) is 50.7 Å². The van der Waals surface area contributed by atoms with Gasteiger partial charge in [-0.3, -0.25) is 0 Å². The zero-order valence-electron chi connectivity index (χ0n) is 12.0. The SMILES string of the molecule is COCCNCC(O)COC1CC(C)CC(C)C1. The molecular weight excluding hydrogens is 230 g/mol. The van der Waals surface area contributed by atoms with Gasteiger partial charge in [-0.25, -0.2) is 0 Å². The normalized spacial score (nSPS) is 30.3. The Morgan fingerprint density at radius 3 is 2.50 bits per heavy atom. The molecule has 1 aliphatic carbocycles. The van der Waals surface area contributed by atoms with Gasteiger partial charge in [-0.05, 0) is 31.1 Å². The smallest absolute Gasteiger partial charge is 0.0897 e. The molecule has 0 bridgehead atoms. The van der Waals surface area contributed by atoms with Crippen molar-refractivity contribution in [2.75, 3.05) is 33.4 Å². The first-order chi connectivity index (χ1) is 8.61. The van der Waals surface area contributed by atoms with E-state index in [0.29, 0.717) is 25.9 Å². The maximum Gasteiger partial charge on any atom is 0.0897 e. The van der Waals surface area contributed by atoms with Gasteiger partial charge < -0.3 is 19.9 Å². The lowest BCUT2D eigenvalue weighted by Gasteiger charge is -2.31. The number of ether oxygens (including phenoxy) is 2. The molecule has 108 valence electrons. The van der Waals surface area contributed by atoms with Crippen molar-refractivity contribution in [1.29, 1.82) is 0 Å². The van der Waals surface area contributed by atoms with Gasteiger partial charge in [0, 0.05) is 20.2 Å². The van der Waals surface area contributed by atoms with Gasteiger partial charge in [0.15, 0.2) is 0 Å². The van der Waals surface area contributed by atoms with Gasteiger partial charge in [0.2, 0.25) is 0 Å². The van der Waals surface area contributed by atoms with E-state index >= 15 is 0 Å². The van der Waals surface area contributed by atoms with Crippen LogP contribution in [0.2, 0.25) is 0 Å². The summed E-state index contributed by atoms with van der Waals surface area (Å²) < 4.78 is 10.7. The molecule has 18 heavy (non-hydrogen) atoms. The Balaban J connectivity index is 2.08. The largest absolute Gasteiger partial charge is 0.389 e. The summed E-state index contributed by atoms with van der Waals surface area (Å²) in [5.41, 5.74) is 0. The van der Waals surface area contributed by atoms with Gasteiger partial charge in [-0.15, -0.1) is 0 Å². The number of nitrogens with one attached hydrogen (secondary N) is 1. The molecule has 0 spiro atoms. The number of aliphatic hydroxyl groups excluding tert-OH is 1. The fraction of sp³-hybridized carbons (Fsp3) is 1.00. The summed E-state index contributed by atoms with van der Waals surface area (Å²) in [6, 6.07) is 0. The van der Waals surface area contributed by atoms with Crippen molar-refractivity contribution in [1.82, 2.24) is 5.32 Å². The molecule has 0 aromatic heterocycles. The Labute approximate surface area is 111 Å². The van der Waals surface area contributed by atoms with Crippen LogP contribution in [0.15, 0.2) is 0 Å². The van der Waals surface area contributed by atoms with Crippen molar-refractivity contribution < 1.29 is 14.6 Å². The zero-order valence-corrected chi connectivity index (χ0v) is 12.0. The van der Waals surface area contributed by atoms with Gasteiger partial charge in [0.05, 0.1) is 25.4 Å². The van der Waals surface area contributed by atoms with E-state index < -0.39 is 6.10 Å². The van der Waals surface area contributed by atoms with Gasteiger partial charge in [-0.2, -0.15) is 0 Å². The molecule has 0 radical (unpaired) electrons. The van der Waals surface area contributed by atoms with E-state index in [1.54, 1.807) is 7.11 Å². The van der Waals surface area contributed by atoms with Crippen LogP contribution in [0.25, 0.3) is 0 Å². The Morgan fingerprint density at radius 1 is 1.22 bits per heavy atom. The minimum atomic E-state index is -0.422. The third kappa shape index (κ3) is 6.69. The second kappa shape index (κ2) is 8.86. The van der Waals surface area contributed by atoms with Crippen molar-refractivity contribution in [3.05, 3.63) is 0 Å². The molecule has 0 amide bonds. The highest BCUT2D eigenvalue weighted by Gasteiger charge is 2.24. The summed E-state index contributed by atoms with van der Waals surface area (Å²) in [5.74, 6) is 1.49. The monoisotopic (exact) mass is 259 g/mol. The van der Waals surface area contributed by atoms with Crippen LogP contribution in [0.1, 0.15) is 33.1 Å². The minimum absolute atomic E-state index is 0.331. The highest BCUT2D eigenvalue weighted by molar-refractivity contribution is 4.75. The lowest BCUT2D eigenvalue weighted by atomic mass is 9.82. The number of hydrogen-bond donors (Lipinski definition) is 2. The molecule has 3 atom stereocenters. The molecule has 1 rings (SSSR count). The first-order valence-corrected chi connectivity index (χ1v) is 7.11. The summed E-state index contributed by atoms with van der Waals surface area (Å²) in [7, 11) is 1.67. The van der Waals surface area contributed by atoms with E-state index in [2.05, 4.69) is 19.2 Å². The van der Waals surface area contributed by atoms with Crippen LogP contribution < -0.4 is 5.32 Å². The lowest BCUT2D eigenvalue weighted by molar-refractivity contribution is -0.0398. The maximum absolute atomic E-state index is 9.78. The van der Waals surface area contributed by atoms with Crippen LogP contribution in [0.4, 0.5) is 0 Å². The van der Waals surface area contributed by atoms with Crippen LogP contribution in [-0.4, -0.2) is 50.7 Å². The molecule has 0 aromatic carbocycles. The molecule has 1 fully saturated rings. The predicted molar refractivity (Wildman–Crippen MR) is 72.7 cm³/mol. The molecule has 1 saturated carbocycles. The van der Waals surface area contributed by atoms with Gasteiger partial charge >= 0.3 is 0 Å². The highest BCUT2D eigenvalue weighted by Crippen LogP contribution is 2.30. The standard InChI is InChI=1S/C14H29NO3/c1-11-6-12(2)8-14(7-11)18-10-13(16)9-15-4-5-17-3/h11-16H,4-10H2,1-3H3. The maximum atomic E-state index is 9.78. The van der Waals surface area contributed by atoms with Crippen molar-refractivity contribution in [2.24, 2.45) is 11.8 Å². The first-order valence-electron chi connectivity index (χ1n) is 7.11. The zero-order chi connectivity index (χ0) is 13.4. The summed E-state index contributed by atoms with van der Waals surface area (Å²) in [5, 5.41) is 12.9. The summed E-state index contributed by atoms with van der Waals surface area (Å²) >= 11 is 0.